The SMILES string of the molecule is CCOC(=O)N1CC[C@](COC)(Nc2cc(-c3cnc(N)nc3)nc(N3CCOCC3)n2)C1. The van der Waals surface area contributed by atoms with Crippen molar-refractivity contribution in [2.24, 2.45) is 0 Å². The van der Waals surface area contributed by atoms with Crippen LogP contribution in [0, 0.1) is 0 Å². The lowest BCUT2D eigenvalue weighted by Gasteiger charge is -2.31. The number of carbonyl (C=O) groups is 1. The number of nitrogens with two attached hydrogens (primary N) is 1. The van der Waals surface area contributed by atoms with Gasteiger partial charge >= 0.3 is 6.09 Å². The molecule has 2 saturated heterocycles. The van der Waals surface area contributed by atoms with E-state index in [0.717, 1.165) is 5.56 Å². The molecule has 0 unspecified atom stereocenters. The summed E-state index contributed by atoms with van der Waals surface area (Å²) in [5.74, 6) is 1.41. The first-order chi connectivity index (χ1) is 16.0. The number of nitrogens with one attached hydrogen (secondary N) is 1. The van der Waals surface area contributed by atoms with E-state index in [-0.39, 0.29) is 12.0 Å². The molecule has 2 fully saturated rings. The Morgan fingerprint density at radius 2 is 2.00 bits per heavy atom. The van der Waals surface area contributed by atoms with Crippen molar-refractivity contribution < 1.29 is 19.0 Å². The largest absolute Gasteiger partial charge is 0.450 e. The van der Waals surface area contributed by atoms with Gasteiger partial charge in [0, 0.05) is 57.3 Å². The van der Waals surface area contributed by atoms with E-state index in [1.807, 2.05) is 6.07 Å². The minimum Gasteiger partial charge on any atom is -0.450 e. The molecular weight excluding hydrogens is 428 g/mol. The van der Waals surface area contributed by atoms with Crippen LogP contribution in [-0.2, 0) is 14.2 Å². The molecule has 2 aliphatic rings. The van der Waals surface area contributed by atoms with Crippen LogP contribution in [0.5, 0.6) is 0 Å². The molecule has 0 bridgehead atoms. The Hall–Kier alpha value is -3.25. The number of methoxy groups -OCH3 is 1. The molecule has 2 aromatic rings. The van der Waals surface area contributed by atoms with Crippen molar-refractivity contribution in [1.29, 1.82) is 0 Å². The monoisotopic (exact) mass is 458 g/mol. The average Bonchev–Trinajstić information content (AvgIpc) is 3.24. The Labute approximate surface area is 192 Å². The Kier molecular flexibility index (Phi) is 7.04. The number of hydrogen-bond acceptors (Lipinski definition) is 11. The lowest BCUT2D eigenvalue weighted by molar-refractivity contribution is 0.107. The molecule has 2 aromatic heterocycles. The van der Waals surface area contributed by atoms with Crippen molar-refractivity contribution in [2.75, 3.05) is 75.7 Å². The van der Waals surface area contributed by atoms with Crippen LogP contribution in [0.15, 0.2) is 18.5 Å². The van der Waals surface area contributed by atoms with Crippen molar-refractivity contribution in [3.05, 3.63) is 18.5 Å². The maximum Gasteiger partial charge on any atom is 0.409 e. The first-order valence-electron chi connectivity index (χ1n) is 11.0. The van der Waals surface area contributed by atoms with Gasteiger partial charge in [-0.25, -0.2) is 19.7 Å². The minimum absolute atomic E-state index is 0.198. The van der Waals surface area contributed by atoms with Crippen LogP contribution in [0.25, 0.3) is 11.3 Å². The van der Waals surface area contributed by atoms with E-state index in [1.165, 1.54) is 0 Å². The predicted molar refractivity (Wildman–Crippen MR) is 122 cm³/mol. The van der Waals surface area contributed by atoms with E-state index >= 15 is 0 Å². The van der Waals surface area contributed by atoms with Crippen molar-refractivity contribution in [3.8, 4) is 11.3 Å². The second-order valence-electron chi connectivity index (χ2n) is 8.08. The predicted octanol–water partition coefficient (Wildman–Crippen LogP) is 1.01. The van der Waals surface area contributed by atoms with Crippen molar-refractivity contribution in [2.45, 2.75) is 18.9 Å². The van der Waals surface area contributed by atoms with Gasteiger partial charge in [-0.1, -0.05) is 0 Å². The van der Waals surface area contributed by atoms with Gasteiger partial charge in [-0.05, 0) is 13.3 Å². The van der Waals surface area contributed by atoms with Gasteiger partial charge in [-0.3, -0.25) is 0 Å². The van der Waals surface area contributed by atoms with Crippen molar-refractivity contribution >= 4 is 23.8 Å². The summed E-state index contributed by atoms with van der Waals surface area (Å²) in [6.07, 6.45) is 3.64. The Bertz CT molecular complexity index is 954. The van der Waals surface area contributed by atoms with Crippen molar-refractivity contribution in [1.82, 2.24) is 24.8 Å². The number of nitrogen functional groups attached to an aromatic ring is 1. The molecule has 33 heavy (non-hydrogen) atoms. The van der Waals surface area contributed by atoms with Gasteiger partial charge < -0.3 is 35.1 Å². The normalized spacial score (nSPS) is 20.7. The van der Waals surface area contributed by atoms with Crippen LogP contribution < -0.4 is 16.0 Å². The van der Waals surface area contributed by atoms with Gasteiger partial charge in [0.25, 0.3) is 0 Å². The van der Waals surface area contributed by atoms with Crippen LogP contribution in [0.1, 0.15) is 13.3 Å². The molecule has 4 heterocycles. The molecule has 1 atom stereocenters. The molecule has 4 rings (SSSR count). The van der Waals surface area contributed by atoms with Gasteiger partial charge in [0.15, 0.2) is 0 Å². The summed E-state index contributed by atoms with van der Waals surface area (Å²) in [7, 11) is 1.65. The summed E-state index contributed by atoms with van der Waals surface area (Å²) in [4.78, 5) is 33.8. The quantitative estimate of drug-likeness (QED) is 0.614. The van der Waals surface area contributed by atoms with Gasteiger partial charge in [0.1, 0.15) is 5.82 Å². The Morgan fingerprint density at radius 3 is 2.70 bits per heavy atom. The first kappa shape index (κ1) is 22.9. The first-order valence-corrected chi connectivity index (χ1v) is 11.0. The maximum atomic E-state index is 12.3. The zero-order valence-electron chi connectivity index (χ0n) is 19.0. The number of amides is 1. The third-order valence-electron chi connectivity index (χ3n) is 5.67. The van der Waals surface area contributed by atoms with Gasteiger partial charge in [0.2, 0.25) is 11.9 Å². The summed E-state index contributed by atoms with van der Waals surface area (Å²) in [5.41, 5.74) is 6.54. The van der Waals surface area contributed by atoms with Crippen LogP contribution in [0.2, 0.25) is 0 Å². The molecular formula is C21H30N8O4. The number of anilines is 3. The second kappa shape index (κ2) is 10.1. The number of hydrogen-bond donors (Lipinski definition) is 2. The number of nitrogens with zero attached hydrogens (tertiary/aromatic N) is 6. The van der Waals surface area contributed by atoms with E-state index in [1.54, 1.807) is 31.3 Å². The van der Waals surface area contributed by atoms with E-state index < -0.39 is 5.54 Å². The molecule has 0 radical (unpaired) electrons. The number of ether oxygens (including phenoxy) is 3. The third kappa shape index (κ3) is 5.40. The lowest BCUT2D eigenvalue weighted by atomic mass is 10.00. The van der Waals surface area contributed by atoms with Crippen LogP contribution in [0.3, 0.4) is 0 Å². The number of carbonyl (C=O) groups excluding carboxylic acids is 1. The molecule has 178 valence electrons. The highest BCUT2D eigenvalue weighted by Gasteiger charge is 2.41. The molecule has 3 N–H and O–H groups in total. The summed E-state index contributed by atoms with van der Waals surface area (Å²) in [5, 5.41) is 3.53. The Balaban J connectivity index is 1.65. The molecule has 12 heteroatoms. The highest BCUT2D eigenvalue weighted by Crippen LogP contribution is 2.29. The number of likely N-dealkylation sites (tertiary alicyclic amines) is 1. The zero-order chi connectivity index (χ0) is 23.3. The Morgan fingerprint density at radius 1 is 1.24 bits per heavy atom. The van der Waals surface area contributed by atoms with E-state index in [0.29, 0.717) is 76.5 Å². The molecule has 0 aromatic carbocycles. The molecule has 2 aliphatic heterocycles. The fourth-order valence-corrected chi connectivity index (χ4v) is 4.07. The topological polar surface area (TPSA) is 141 Å². The van der Waals surface area contributed by atoms with Crippen molar-refractivity contribution in [3.63, 3.8) is 0 Å². The van der Waals surface area contributed by atoms with Crippen LogP contribution in [-0.4, -0.2) is 96.2 Å². The van der Waals surface area contributed by atoms with Crippen LogP contribution in [0.4, 0.5) is 22.5 Å². The standard InChI is InChI=1S/C21H30N8O4/c1-3-33-20(30)29-5-4-21(13-29,14-31-2)27-17-10-16(15-11-23-18(22)24-12-15)25-19(26-17)28-6-8-32-9-7-28/h10-12H,3-9,13-14H2,1-2H3,(H2,22,23,24)(H,25,26,27)/t21-/m0/s1. The summed E-state index contributed by atoms with van der Waals surface area (Å²) in [6.45, 7) is 6.16. The summed E-state index contributed by atoms with van der Waals surface area (Å²) in [6, 6.07) is 1.85. The van der Waals surface area contributed by atoms with E-state index in [4.69, 9.17) is 29.9 Å². The molecule has 0 aliphatic carbocycles. The number of aromatic nitrogens is 4. The minimum atomic E-state index is -0.507. The highest BCUT2D eigenvalue weighted by atomic mass is 16.6. The summed E-state index contributed by atoms with van der Waals surface area (Å²) < 4.78 is 16.2. The lowest BCUT2D eigenvalue weighted by Crippen LogP contribution is -2.46. The fourth-order valence-electron chi connectivity index (χ4n) is 4.07. The smallest absolute Gasteiger partial charge is 0.409 e. The molecule has 0 spiro atoms. The summed E-state index contributed by atoms with van der Waals surface area (Å²) >= 11 is 0. The number of rotatable bonds is 7. The van der Waals surface area contributed by atoms with Gasteiger partial charge in [-0.15, -0.1) is 0 Å². The third-order valence-corrected chi connectivity index (χ3v) is 5.67. The highest BCUT2D eigenvalue weighted by molar-refractivity contribution is 5.69. The number of morpholine rings is 1. The molecule has 1 amide bonds. The molecule has 0 saturated carbocycles. The maximum absolute atomic E-state index is 12.3. The average molecular weight is 459 g/mol. The second-order valence-corrected chi connectivity index (χ2v) is 8.08. The van der Waals surface area contributed by atoms with Gasteiger partial charge in [0.05, 0.1) is 37.7 Å². The van der Waals surface area contributed by atoms with E-state index in [2.05, 4.69) is 20.2 Å². The van der Waals surface area contributed by atoms with Gasteiger partial charge in [-0.2, -0.15) is 4.98 Å². The zero-order valence-corrected chi connectivity index (χ0v) is 19.0. The fraction of sp³-hybridized carbons (Fsp3) is 0.571. The van der Waals surface area contributed by atoms with E-state index in [9.17, 15) is 4.79 Å². The van der Waals surface area contributed by atoms with Crippen LogP contribution >= 0.6 is 0 Å². The molecule has 12 nitrogen and oxygen atoms in total.